The molecule has 4 nitrogen and oxygen atoms in total. The molecule has 0 amide bonds. The molecule has 1 saturated heterocycles. The second-order valence-electron chi connectivity index (χ2n) is 5.55. The van der Waals surface area contributed by atoms with Crippen LogP contribution in [0, 0.1) is 0 Å². The van der Waals surface area contributed by atoms with Crippen LogP contribution in [-0.4, -0.2) is 45.3 Å². The lowest BCUT2D eigenvalue weighted by molar-refractivity contribution is 0.160. The lowest BCUT2D eigenvalue weighted by Crippen LogP contribution is -2.45. The van der Waals surface area contributed by atoms with Crippen molar-refractivity contribution < 1.29 is 9.47 Å². The second kappa shape index (κ2) is 11.8. The van der Waals surface area contributed by atoms with Gasteiger partial charge >= 0.3 is 0 Å². The molecule has 1 fully saturated rings. The third kappa shape index (κ3) is 6.03. The minimum absolute atomic E-state index is 0. The fraction of sp³-hybridized carbons (Fsp3) is 0.647. The highest BCUT2D eigenvalue weighted by atomic mass is 35.5. The van der Waals surface area contributed by atoms with Gasteiger partial charge in [-0.25, -0.2) is 0 Å². The van der Waals surface area contributed by atoms with E-state index < -0.39 is 0 Å². The van der Waals surface area contributed by atoms with E-state index in [-0.39, 0.29) is 24.8 Å². The molecule has 134 valence electrons. The molecule has 1 aromatic rings. The monoisotopic (exact) mass is 364 g/mol. The van der Waals surface area contributed by atoms with Crippen LogP contribution in [0.4, 0.5) is 0 Å². The number of benzene rings is 1. The molecule has 0 saturated carbocycles. The molecule has 1 heterocycles. The van der Waals surface area contributed by atoms with Gasteiger partial charge in [0.05, 0.1) is 14.2 Å². The van der Waals surface area contributed by atoms with Crippen molar-refractivity contribution in [2.24, 2.45) is 0 Å². The summed E-state index contributed by atoms with van der Waals surface area (Å²) in [4.78, 5) is 2.58. The average Bonchev–Trinajstić information content (AvgIpc) is 2.56. The predicted octanol–water partition coefficient (Wildman–Crippen LogP) is 3.68. The minimum atomic E-state index is 0. The Labute approximate surface area is 152 Å². The molecule has 23 heavy (non-hydrogen) atoms. The topological polar surface area (TPSA) is 33.7 Å². The third-order valence-corrected chi connectivity index (χ3v) is 4.22. The summed E-state index contributed by atoms with van der Waals surface area (Å²) in [5.74, 6) is 1.79. The summed E-state index contributed by atoms with van der Waals surface area (Å²) in [6.45, 7) is 6.59. The second-order valence-corrected chi connectivity index (χ2v) is 5.55. The molecule has 0 bridgehead atoms. The van der Waals surface area contributed by atoms with Gasteiger partial charge in [0, 0.05) is 43.9 Å². The summed E-state index contributed by atoms with van der Waals surface area (Å²) in [5, 5.41) is 3.43. The van der Waals surface area contributed by atoms with Crippen molar-refractivity contribution in [3.63, 3.8) is 0 Å². The van der Waals surface area contributed by atoms with E-state index in [2.05, 4.69) is 23.2 Å². The van der Waals surface area contributed by atoms with E-state index in [1.54, 1.807) is 14.2 Å². The summed E-state index contributed by atoms with van der Waals surface area (Å²) >= 11 is 0. The number of halogens is 2. The van der Waals surface area contributed by atoms with Crippen LogP contribution in [0.3, 0.4) is 0 Å². The molecule has 0 spiro atoms. The van der Waals surface area contributed by atoms with Gasteiger partial charge in [-0.1, -0.05) is 25.8 Å². The Morgan fingerprint density at radius 1 is 1.13 bits per heavy atom. The van der Waals surface area contributed by atoms with Crippen LogP contribution in [-0.2, 0) is 0 Å². The Morgan fingerprint density at radius 3 is 2.39 bits per heavy atom. The number of methoxy groups -OCH3 is 2. The first-order valence-corrected chi connectivity index (χ1v) is 7.96. The molecule has 1 aliphatic heterocycles. The summed E-state index contributed by atoms with van der Waals surface area (Å²) in [5.41, 5.74) is 1.29. The van der Waals surface area contributed by atoms with Gasteiger partial charge in [0.1, 0.15) is 11.5 Å². The summed E-state index contributed by atoms with van der Waals surface area (Å²) in [7, 11) is 3.44. The first kappa shape index (κ1) is 22.3. The average molecular weight is 365 g/mol. The number of rotatable bonds is 7. The van der Waals surface area contributed by atoms with Gasteiger partial charge in [0.15, 0.2) is 0 Å². The van der Waals surface area contributed by atoms with Crippen LogP contribution >= 0.6 is 24.8 Å². The summed E-state index contributed by atoms with van der Waals surface area (Å²) < 4.78 is 10.9. The Hall–Kier alpha value is -0.680. The van der Waals surface area contributed by atoms with Gasteiger partial charge in [-0.15, -0.1) is 24.8 Å². The van der Waals surface area contributed by atoms with Crippen LogP contribution in [0.15, 0.2) is 18.2 Å². The summed E-state index contributed by atoms with van der Waals surface area (Å²) in [6.07, 6.45) is 3.64. The maximum atomic E-state index is 5.62. The van der Waals surface area contributed by atoms with E-state index in [0.717, 1.165) is 37.7 Å². The molecule has 1 N–H and O–H groups in total. The number of ether oxygens (including phenoxy) is 2. The molecule has 0 aromatic heterocycles. The predicted molar refractivity (Wildman–Crippen MR) is 101 cm³/mol. The molecular weight excluding hydrogens is 335 g/mol. The SMILES string of the molecule is CCCC[C@H](c1ccc(OC)cc1OC)N1CCNCC1.Cl.Cl. The van der Waals surface area contributed by atoms with Crippen LogP contribution in [0.5, 0.6) is 11.5 Å². The zero-order chi connectivity index (χ0) is 15.1. The van der Waals surface area contributed by atoms with Crippen molar-refractivity contribution in [2.45, 2.75) is 32.2 Å². The maximum absolute atomic E-state index is 5.62. The fourth-order valence-electron chi connectivity index (χ4n) is 3.02. The van der Waals surface area contributed by atoms with Crippen molar-refractivity contribution >= 4 is 24.8 Å². The van der Waals surface area contributed by atoms with Crippen LogP contribution < -0.4 is 14.8 Å². The van der Waals surface area contributed by atoms with E-state index >= 15 is 0 Å². The summed E-state index contributed by atoms with van der Waals surface area (Å²) in [6, 6.07) is 6.64. The van der Waals surface area contributed by atoms with E-state index in [4.69, 9.17) is 9.47 Å². The number of hydrogen-bond donors (Lipinski definition) is 1. The van der Waals surface area contributed by atoms with Crippen LogP contribution in [0.2, 0.25) is 0 Å². The minimum Gasteiger partial charge on any atom is -0.497 e. The van der Waals surface area contributed by atoms with Gasteiger partial charge in [-0.05, 0) is 12.5 Å². The Bertz CT molecular complexity index is 441. The number of piperazine rings is 1. The molecule has 1 aromatic carbocycles. The Kier molecular flexibility index (Phi) is 11.4. The van der Waals surface area contributed by atoms with E-state index in [1.165, 1.54) is 24.8 Å². The van der Waals surface area contributed by atoms with Crippen molar-refractivity contribution in [1.29, 1.82) is 0 Å². The molecule has 1 atom stereocenters. The molecule has 0 radical (unpaired) electrons. The first-order valence-electron chi connectivity index (χ1n) is 7.96. The van der Waals surface area contributed by atoms with E-state index in [1.807, 2.05) is 12.1 Å². The van der Waals surface area contributed by atoms with Gasteiger partial charge in [0.2, 0.25) is 0 Å². The molecular formula is C17H30Cl2N2O2. The van der Waals surface area contributed by atoms with Crippen LogP contribution in [0.1, 0.15) is 37.8 Å². The normalized spacial score (nSPS) is 16.0. The first-order chi connectivity index (χ1) is 10.3. The Balaban J connectivity index is 0.00000242. The maximum Gasteiger partial charge on any atom is 0.127 e. The number of nitrogens with zero attached hydrogens (tertiary/aromatic N) is 1. The highest BCUT2D eigenvalue weighted by molar-refractivity contribution is 5.85. The van der Waals surface area contributed by atoms with Crippen molar-refractivity contribution in [1.82, 2.24) is 10.2 Å². The lowest BCUT2D eigenvalue weighted by Gasteiger charge is -2.36. The highest BCUT2D eigenvalue weighted by Crippen LogP contribution is 2.35. The third-order valence-electron chi connectivity index (χ3n) is 4.22. The van der Waals surface area contributed by atoms with Gasteiger partial charge in [-0.3, -0.25) is 4.90 Å². The highest BCUT2D eigenvalue weighted by Gasteiger charge is 2.24. The van der Waals surface area contributed by atoms with E-state index in [0.29, 0.717) is 6.04 Å². The molecule has 1 aliphatic rings. The number of nitrogens with one attached hydrogen (secondary N) is 1. The van der Waals surface area contributed by atoms with Gasteiger partial charge < -0.3 is 14.8 Å². The van der Waals surface area contributed by atoms with Crippen molar-refractivity contribution in [2.75, 3.05) is 40.4 Å². The molecule has 2 rings (SSSR count). The standard InChI is InChI=1S/C17H28N2O2.2ClH/c1-4-5-6-16(19-11-9-18-10-12-19)15-8-7-14(20-2)13-17(15)21-3;;/h7-8,13,16,18H,4-6,9-12H2,1-3H3;2*1H/t16-;;/m1../s1. The Morgan fingerprint density at radius 2 is 1.83 bits per heavy atom. The molecule has 6 heteroatoms. The number of unbranched alkanes of at least 4 members (excludes halogenated alkanes) is 1. The van der Waals surface area contributed by atoms with Gasteiger partial charge in [0.25, 0.3) is 0 Å². The van der Waals surface area contributed by atoms with Gasteiger partial charge in [-0.2, -0.15) is 0 Å². The zero-order valence-corrected chi connectivity index (χ0v) is 16.0. The zero-order valence-electron chi connectivity index (χ0n) is 14.3. The smallest absolute Gasteiger partial charge is 0.127 e. The quantitative estimate of drug-likeness (QED) is 0.799. The lowest BCUT2D eigenvalue weighted by atomic mass is 9.97. The van der Waals surface area contributed by atoms with E-state index in [9.17, 15) is 0 Å². The van der Waals surface area contributed by atoms with Crippen molar-refractivity contribution in [3.05, 3.63) is 23.8 Å². The van der Waals surface area contributed by atoms with Crippen LogP contribution in [0.25, 0.3) is 0 Å². The largest absolute Gasteiger partial charge is 0.497 e. The molecule has 0 aliphatic carbocycles. The molecule has 0 unspecified atom stereocenters. The number of hydrogen-bond acceptors (Lipinski definition) is 4. The van der Waals surface area contributed by atoms with Crippen molar-refractivity contribution in [3.8, 4) is 11.5 Å². The fourth-order valence-corrected chi connectivity index (χ4v) is 3.02.